The number of hydrogen-bond acceptors (Lipinski definition) is 24. The number of nitrogens with one attached hydrogen (secondary N) is 6. The molecule has 0 aromatic carbocycles. The Labute approximate surface area is 391 Å². The zero-order valence-electron chi connectivity index (χ0n) is 32.2. The number of hydrogen-bond donors (Lipinski definition) is 12. The first-order valence-corrected chi connectivity index (χ1v) is 18.7. The predicted octanol–water partition coefficient (Wildman–Crippen LogP) is -14.6. The van der Waals surface area contributed by atoms with Crippen LogP contribution in [-0.4, -0.2) is 144 Å². The van der Waals surface area contributed by atoms with Gasteiger partial charge in [0.05, 0.1) is 55.5 Å². The average molecular weight is 1020 g/mol. The van der Waals surface area contributed by atoms with Crippen LogP contribution in [0.4, 0.5) is 0 Å². The van der Waals surface area contributed by atoms with Crippen LogP contribution in [0.15, 0.2) is 0 Å². The monoisotopic (exact) mass is 1020 g/mol. The normalized spacial score (nSPS) is 12.7. The van der Waals surface area contributed by atoms with E-state index in [9.17, 15) is 88.2 Å². The van der Waals surface area contributed by atoms with E-state index in [-0.39, 0.29) is 90.5 Å². The van der Waals surface area contributed by atoms with Gasteiger partial charge in [-0.2, -0.15) is 37.9 Å². The van der Waals surface area contributed by atoms with E-state index in [4.69, 9.17) is 17.2 Å². The molecule has 0 bridgehead atoms. The van der Waals surface area contributed by atoms with Crippen molar-refractivity contribution in [2.45, 2.75) is 74.8 Å². The Morgan fingerprint density at radius 1 is 0.403 bits per heavy atom. The van der Waals surface area contributed by atoms with Crippen LogP contribution in [0.5, 0.6) is 0 Å². The minimum absolute atomic E-state index is 0. The molecular formula is C30H45Cr2N9O18S3. The zero-order valence-corrected chi connectivity index (χ0v) is 37.4. The summed E-state index contributed by atoms with van der Waals surface area (Å²) < 4.78 is 0. The van der Waals surface area contributed by atoms with Crippen molar-refractivity contribution in [3.05, 3.63) is 0 Å². The van der Waals surface area contributed by atoms with Crippen LogP contribution in [0.1, 0.15) is 38.5 Å². The molecule has 62 heavy (non-hydrogen) atoms. The van der Waals surface area contributed by atoms with Gasteiger partial charge in [0.2, 0.25) is 35.4 Å². The fourth-order valence-corrected chi connectivity index (χ4v) is 4.21. The van der Waals surface area contributed by atoms with E-state index in [1.54, 1.807) is 0 Å². The predicted molar refractivity (Wildman–Crippen MR) is 198 cm³/mol. The first-order chi connectivity index (χ1) is 27.8. The Hall–Kier alpha value is -4.37. The molecule has 0 aliphatic carbocycles. The maximum Gasteiger partial charge on any atom is 3.00 e. The van der Waals surface area contributed by atoms with Gasteiger partial charge in [-0.25, -0.2) is 0 Å². The molecule has 2 radical (unpaired) electrons. The van der Waals surface area contributed by atoms with Crippen molar-refractivity contribution in [1.29, 1.82) is 0 Å². The number of aliphatic carboxylic acids is 6. The fourth-order valence-electron chi connectivity index (χ4n) is 3.44. The number of carboxylic acids is 6. The molecular weight excluding hydrogens is 975 g/mol. The minimum Gasteiger partial charge on any atom is -0.548 e. The molecule has 0 unspecified atom stereocenters. The molecule has 0 aromatic rings. The van der Waals surface area contributed by atoms with E-state index in [1.807, 2.05) is 16.0 Å². The summed E-state index contributed by atoms with van der Waals surface area (Å²) in [4.78, 5) is 130. The van der Waals surface area contributed by atoms with Crippen LogP contribution in [0.2, 0.25) is 0 Å². The van der Waals surface area contributed by atoms with Gasteiger partial charge in [0.1, 0.15) is 18.1 Å². The van der Waals surface area contributed by atoms with Gasteiger partial charge in [0, 0.05) is 54.6 Å². The second-order valence-corrected chi connectivity index (χ2v) is 12.7. The van der Waals surface area contributed by atoms with Gasteiger partial charge in [-0.3, -0.25) is 28.8 Å². The third-order valence-electron chi connectivity index (χ3n) is 6.68. The fraction of sp³-hybridized carbons (Fsp3) is 0.600. The molecule has 0 heterocycles. The molecule has 0 aliphatic heterocycles. The maximum atomic E-state index is 11.5. The van der Waals surface area contributed by atoms with E-state index in [2.05, 4.69) is 53.8 Å². The quantitative estimate of drug-likeness (QED) is 0.0340. The van der Waals surface area contributed by atoms with Crippen molar-refractivity contribution in [3.63, 3.8) is 0 Å². The van der Waals surface area contributed by atoms with Gasteiger partial charge < -0.3 is 109 Å². The van der Waals surface area contributed by atoms with Crippen LogP contribution >= 0.6 is 37.9 Å². The van der Waals surface area contributed by atoms with Gasteiger partial charge >= 0.3 is 34.7 Å². The van der Waals surface area contributed by atoms with Crippen molar-refractivity contribution in [3.8, 4) is 0 Å². The third-order valence-corrected chi connectivity index (χ3v) is 7.77. The molecule has 0 fully saturated rings. The third kappa shape index (κ3) is 36.3. The Morgan fingerprint density at radius 3 is 0.742 bits per heavy atom. The zero-order chi connectivity index (χ0) is 47.1. The average Bonchev–Trinajstić information content (AvgIpc) is 3.18. The summed E-state index contributed by atoms with van der Waals surface area (Å²) in [6.45, 7) is -2.06. The second-order valence-electron chi connectivity index (χ2n) is 11.6. The van der Waals surface area contributed by atoms with Gasteiger partial charge in [0.15, 0.2) is 0 Å². The van der Waals surface area contributed by atoms with Crippen molar-refractivity contribution in [1.82, 2.24) is 31.9 Å². The van der Waals surface area contributed by atoms with Gasteiger partial charge in [-0.1, -0.05) is 0 Å². The summed E-state index contributed by atoms with van der Waals surface area (Å²) in [5, 5.41) is 74.4. The first kappa shape index (κ1) is 66.7. The summed E-state index contributed by atoms with van der Waals surface area (Å²) in [7, 11) is 0. The molecule has 0 spiro atoms. The second kappa shape index (κ2) is 38.3. The van der Waals surface area contributed by atoms with Crippen LogP contribution in [-0.2, 0) is 92.3 Å². The molecule has 27 nitrogen and oxygen atoms in total. The van der Waals surface area contributed by atoms with Crippen LogP contribution in [0.25, 0.3) is 0 Å². The van der Waals surface area contributed by atoms with E-state index in [1.165, 1.54) is 0 Å². The molecule has 0 saturated carbocycles. The largest absolute Gasteiger partial charge is 3.00 e. The molecule has 0 aromatic heterocycles. The topological polar surface area (TPSA) is 493 Å². The van der Waals surface area contributed by atoms with E-state index < -0.39 is 127 Å². The van der Waals surface area contributed by atoms with Crippen molar-refractivity contribution >= 4 is 109 Å². The van der Waals surface area contributed by atoms with Crippen molar-refractivity contribution in [2.75, 3.05) is 36.9 Å². The summed E-state index contributed by atoms with van der Waals surface area (Å²) in [6.07, 6.45) is -1.08. The van der Waals surface area contributed by atoms with Gasteiger partial charge in [-0.05, 0) is 19.3 Å². The first-order valence-electron chi connectivity index (χ1n) is 16.9. The number of carboxylic acid groups (broad SMARTS) is 6. The Balaban J connectivity index is -0.000000258. The number of thiol groups is 3. The van der Waals surface area contributed by atoms with Gasteiger partial charge in [-0.15, -0.1) is 0 Å². The van der Waals surface area contributed by atoms with Gasteiger partial charge in [0.25, 0.3) is 0 Å². The van der Waals surface area contributed by atoms with Crippen molar-refractivity contribution < 1.29 is 123 Å². The Kier molecular flexibility index (Phi) is 41.2. The van der Waals surface area contributed by atoms with Crippen molar-refractivity contribution in [2.24, 2.45) is 17.2 Å². The molecule has 6 amide bonds. The maximum absolute atomic E-state index is 11.5. The van der Waals surface area contributed by atoms with Crippen LogP contribution in [0.3, 0.4) is 0 Å². The molecule has 0 aliphatic rings. The van der Waals surface area contributed by atoms with E-state index in [0.29, 0.717) is 0 Å². The smallest absolute Gasteiger partial charge is 0.548 e. The van der Waals surface area contributed by atoms with Crippen LogP contribution in [0, 0.1) is 0 Å². The number of carbonyl (C=O) groups is 12. The number of rotatable bonds is 27. The molecule has 0 rings (SSSR count). The number of carbonyl (C=O) groups excluding carboxylic acids is 12. The molecule has 6 atom stereocenters. The summed E-state index contributed by atoms with van der Waals surface area (Å²) in [5.41, 5.74) is 15.5. The van der Waals surface area contributed by atoms with Crippen LogP contribution < -0.4 is 79.7 Å². The molecule has 348 valence electrons. The number of nitrogens with two attached hydrogens (primary N) is 3. The summed E-state index contributed by atoms with van der Waals surface area (Å²) in [5.74, 6) is -13.0. The standard InChI is InChI=1S/3C10H17N3O6S.2Cr/c3*11-5(10(18)19)1-2-7(14)13-6(4-20)9(17)12-3-8(15)16;;/h3*5-6,20H,1-4,11H2,(H,12,17)(H,13,14)(H,15,16)(H,18,19);;/q;;;2*+3/p-6/t3*5-,6-;;/m000../s1. The van der Waals surface area contributed by atoms with E-state index >= 15 is 0 Å². The molecule has 0 saturated heterocycles. The Morgan fingerprint density at radius 2 is 0.597 bits per heavy atom. The Bertz CT molecular complexity index is 1350. The SMILES string of the molecule is N[C@@H](CCC(=O)N[C@@H](CS)C(=O)NCC(=O)[O-])C(=O)[O-].N[C@@H](CCC(=O)N[C@@H](CS)C(=O)NCC(=O)[O-])C(=O)[O-].N[C@@H](CCC(=O)N[C@@H](CS)C(=O)NCC(=O)[O-])C(=O)[O-].[Cr+3].[Cr+3]. The summed E-state index contributed by atoms with van der Waals surface area (Å²) in [6, 6.07) is -6.94. The molecule has 12 N–H and O–H groups in total. The minimum atomic E-state index is -1.48. The van der Waals surface area contributed by atoms with E-state index in [0.717, 1.165) is 0 Å². The number of amides is 6. The summed E-state index contributed by atoms with van der Waals surface area (Å²) >= 11 is 11.5. The molecule has 32 heteroatoms.